The third-order valence-electron chi connectivity index (χ3n) is 13.1. The number of nitrogens with two attached hydrogens (primary N) is 2. The van der Waals surface area contributed by atoms with Crippen LogP contribution in [0, 0.1) is 17.8 Å². The summed E-state index contributed by atoms with van der Waals surface area (Å²) >= 11 is 0. The molecule has 0 aliphatic carbocycles. The normalized spacial score (nSPS) is 18.9. The Bertz CT molecular complexity index is 2400. The van der Waals surface area contributed by atoms with Crippen molar-refractivity contribution in [3.63, 3.8) is 0 Å². The molecular formula is C63H99N3O18S. The minimum Gasteiger partial charge on any atom is -0.478 e. The molecule has 0 bridgehead atoms. The van der Waals surface area contributed by atoms with Gasteiger partial charge in [0.1, 0.15) is 5.78 Å². The Morgan fingerprint density at radius 2 is 0.988 bits per heavy atom. The van der Waals surface area contributed by atoms with E-state index in [9.17, 15) is 78.7 Å². The maximum absolute atomic E-state index is 13.1. The maximum Gasteiger partial charge on any atom is 0.397 e. The predicted molar refractivity (Wildman–Crippen MR) is 331 cm³/mol. The molecule has 0 aromatic rings. The molecule has 0 spiro atoms. The van der Waals surface area contributed by atoms with E-state index in [1.807, 2.05) is 31.2 Å². The first kappa shape index (κ1) is 79.5. The molecule has 3 unspecified atom stereocenters. The van der Waals surface area contributed by atoms with Crippen molar-refractivity contribution in [2.24, 2.45) is 34.2 Å². The number of carboxylic acids is 1. The number of hydrogen-bond acceptors (Lipinski definition) is 17. The van der Waals surface area contributed by atoms with Gasteiger partial charge in [0, 0.05) is 55.6 Å². The molecule has 0 amide bonds. The molecule has 0 aliphatic rings. The molecule has 0 heterocycles. The van der Waals surface area contributed by atoms with Gasteiger partial charge in [-0.15, -0.1) is 0 Å². The number of hydrogen-bond donors (Lipinski definition) is 15. The zero-order valence-electron chi connectivity index (χ0n) is 49.6. The third-order valence-corrected chi connectivity index (χ3v) is 13.6. The summed E-state index contributed by atoms with van der Waals surface area (Å²) < 4.78 is 37.4. The van der Waals surface area contributed by atoms with Crippen molar-refractivity contribution < 1.29 is 88.0 Å². The van der Waals surface area contributed by atoms with Gasteiger partial charge in [-0.2, -0.15) is 8.42 Å². The number of allylic oxidation sites excluding steroid dienone is 16. The molecule has 17 N–H and O–H groups in total. The average Bonchev–Trinajstić information content (AvgIpc) is 3.60. The van der Waals surface area contributed by atoms with Crippen LogP contribution >= 0.6 is 0 Å². The molecule has 0 aromatic heterocycles. The van der Waals surface area contributed by atoms with E-state index in [0.29, 0.717) is 19.4 Å². The number of Topliss-reactive ketones (excluding diaryl/α,β-unsaturated/α-hetero) is 1. The van der Waals surface area contributed by atoms with Crippen molar-refractivity contribution in [3.05, 3.63) is 157 Å². The van der Waals surface area contributed by atoms with Gasteiger partial charge in [0.05, 0.1) is 73.2 Å². The number of ketones is 1. The van der Waals surface area contributed by atoms with Crippen molar-refractivity contribution in [1.29, 1.82) is 0 Å². The first-order valence-electron chi connectivity index (χ1n) is 28.7. The zero-order valence-corrected chi connectivity index (χ0v) is 50.4. The molecule has 15 atom stereocenters. The van der Waals surface area contributed by atoms with E-state index in [1.165, 1.54) is 56.4 Å². The fraction of sp³-hybridized carbons (Fsp3) is 0.540. The topological polar surface area (TPSA) is 405 Å². The maximum atomic E-state index is 13.1. The number of carboxylic acid groups (broad SMARTS) is 1. The van der Waals surface area contributed by atoms with Crippen molar-refractivity contribution in [3.8, 4) is 0 Å². The fourth-order valence-electron chi connectivity index (χ4n) is 8.07. The van der Waals surface area contributed by atoms with E-state index in [0.717, 1.165) is 12.8 Å². The largest absolute Gasteiger partial charge is 0.478 e. The average molecular weight is 1220 g/mol. The van der Waals surface area contributed by atoms with E-state index < -0.39 is 114 Å². The Morgan fingerprint density at radius 3 is 1.52 bits per heavy atom. The number of rotatable bonds is 47. The Kier molecular flexibility index (Phi) is 44.5. The molecule has 0 rings (SSSR count). The minimum atomic E-state index is -4.96. The number of carbonyl (C=O) groups is 2. The van der Waals surface area contributed by atoms with E-state index >= 15 is 0 Å². The fourth-order valence-corrected chi connectivity index (χ4v) is 8.63. The molecule has 0 saturated heterocycles. The SMILES string of the molecule is C\C(=C/C=C/C=C/CC/C=C/C(C)[C@H](O)[C@@H](C)[C@H](O)/C=C/C=C/C=C/C=C/C=C/C=C/CC(OS(=O)(=O)O)C(C)C(=O)C[C@@H](O)C[C@@H](O)/C=C/C[C@H](O)C[C@@H](O)C[C@H](O)/C=C/C[C@@H](O)C[C@H](O)/C=C/C[C@@H](O)C[C@@H](O)CCCN=C(N)N)C(=O)O. The number of unbranched alkanes of at least 4 members (excludes halogenated alkanes) is 1. The van der Waals surface area contributed by atoms with E-state index in [1.54, 1.807) is 92.0 Å². The smallest absolute Gasteiger partial charge is 0.397 e. The summed E-state index contributed by atoms with van der Waals surface area (Å²) in [5, 5.41) is 123. The van der Waals surface area contributed by atoms with Crippen LogP contribution in [0.15, 0.2) is 162 Å². The molecule has 0 aliphatic heterocycles. The monoisotopic (exact) mass is 1220 g/mol. The summed E-state index contributed by atoms with van der Waals surface area (Å²) in [7, 11) is -4.96. The summed E-state index contributed by atoms with van der Waals surface area (Å²) in [5.74, 6) is -3.29. The Morgan fingerprint density at radius 1 is 0.529 bits per heavy atom. The van der Waals surface area contributed by atoms with Crippen LogP contribution in [0.2, 0.25) is 0 Å². The lowest BCUT2D eigenvalue weighted by atomic mass is 9.88. The Hall–Kier alpha value is -5.54. The summed E-state index contributed by atoms with van der Waals surface area (Å²) in [5.41, 5.74) is 10.8. The second kappa shape index (κ2) is 47.6. The lowest BCUT2D eigenvalue weighted by Crippen LogP contribution is -2.32. The van der Waals surface area contributed by atoms with Crippen molar-refractivity contribution in [2.75, 3.05) is 6.54 Å². The van der Waals surface area contributed by atoms with Crippen molar-refractivity contribution >= 4 is 28.1 Å². The number of aliphatic imine (C=N–C) groups is 1. The van der Waals surface area contributed by atoms with Crippen LogP contribution in [0.3, 0.4) is 0 Å². The van der Waals surface area contributed by atoms with Gasteiger partial charge in [-0.1, -0.05) is 173 Å². The number of aliphatic carboxylic acids is 1. The van der Waals surface area contributed by atoms with Gasteiger partial charge in [0.25, 0.3) is 0 Å². The van der Waals surface area contributed by atoms with Crippen LogP contribution in [-0.2, 0) is 24.2 Å². The second-order valence-electron chi connectivity index (χ2n) is 21.0. The van der Waals surface area contributed by atoms with Crippen molar-refractivity contribution in [1.82, 2.24) is 0 Å². The first-order valence-corrected chi connectivity index (χ1v) is 30.1. The van der Waals surface area contributed by atoms with Crippen LogP contribution in [0.1, 0.15) is 118 Å². The lowest BCUT2D eigenvalue weighted by Gasteiger charge is -2.25. The summed E-state index contributed by atoms with van der Waals surface area (Å²) in [4.78, 5) is 27.7. The van der Waals surface area contributed by atoms with Gasteiger partial charge >= 0.3 is 16.4 Å². The molecule has 21 nitrogen and oxygen atoms in total. The highest BCUT2D eigenvalue weighted by Crippen LogP contribution is 2.21. The highest BCUT2D eigenvalue weighted by molar-refractivity contribution is 7.80. The first-order chi connectivity index (χ1) is 40.1. The van der Waals surface area contributed by atoms with E-state index in [2.05, 4.69) is 4.99 Å². The molecule has 0 fully saturated rings. The minimum absolute atomic E-state index is 0.00161. The number of nitrogens with zero attached hydrogens (tertiary/aromatic N) is 1. The number of aliphatic hydroxyl groups excluding tert-OH is 11. The second-order valence-corrected chi connectivity index (χ2v) is 22.1. The van der Waals surface area contributed by atoms with Gasteiger partial charge in [-0.3, -0.25) is 14.3 Å². The van der Waals surface area contributed by atoms with Crippen LogP contribution < -0.4 is 11.5 Å². The molecular weight excluding hydrogens is 1120 g/mol. The van der Waals surface area contributed by atoms with E-state index in [4.69, 9.17) is 20.8 Å². The highest BCUT2D eigenvalue weighted by Gasteiger charge is 2.30. The predicted octanol–water partition coefficient (Wildman–Crippen LogP) is 5.06. The Balaban J connectivity index is 4.79. The van der Waals surface area contributed by atoms with Crippen LogP contribution in [0.4, 0.5) is 0 Å². The van der Waals surface area contributed by atoms with Gasteiger partial charge in [0.15, 0.2) is 5.96 Å². The van der Waals surface area contributed by atoms with Gasteiger partial charge in [0.2, 0.25) is 0 Å². The molecule has 0 radical (unpaired) electrons. The third kappa shape index (κ3) is 45.4. The summed E-state index contributed by atoms with van der Waals surface area (Å²) in [6.07, 6.45) is 30.9. The van der Waals surface area contributed by atoms with Gasteiger partial charge in [-0.05, 0) is 71.1 Å². The summed E-state index contributed by atoms with van der Waals surface area (Å²) in [6, 6.07) is 0. The Labute approximate surface area is 503 Å². The summed E-state index contributed by atoms with van der Waals surface area (Å²) in [6.45, 7) is 6.93. The van der Waals surface area contributed by atoms with Gasteiger partial charge in [-0.25, -0.2) is 8.98 Å². The lowest BCUT2D eigenvalue weighted by molar-refractivity contribution is -0.132. The van der Waals surface area contributed by atoms with Crippen molar-refractivity contribution in [2.45, 2.75) is 191 Å². The molecule has 0 aromatic carbocycles. The zero-order chi connectivity index (χ0) is 64.2. The quantitative estimate of drug-likeness (QED) is 0.00720. The van der Waals surface area contributed by atoms with Crippen LogP contribution in [0.25, 0.3) is 0 Å². The van der Waals surface area contributed by atoms with Crippen LogP contribution in [0.5, 0.6) is 0 Å². The standard InChI is InChI=1S/C63H99N3O18S/c1-45(27-19-15-11-10-12-16-20-28-46(2)62(79)80)61(78)48(4)58(76)36-21-17-13-8-6-5-7-9-14-18-22-37-60(84-85(81,82)83)47(3)59(77)44-57(75)43-54(72)34-25-33-53(71)42-56(74)41-52(70)32-24-31-50(68)39-49(67)29-23-30-51(69)40-55(73)35-26-38-66-63(64)65/h5-10,12-14,16-25,27-29,32,34,36,45,47-58,60-61,67-76,78H,11,15,26,30-31,33,35,37-44H2,1-4H3,(H,79,80)(H4,64,65,66)(H,81,82,83)/b7-5+,8-6+,12-10+,14-9+,17-13+,20-16+,22-18+,27-19+,29-23+,32-24+,34-25+,36-21+,46-28+/t45?,47?,48-,49+,50+,51+,52+,53-,54-,55-,56-,57-,58+,60?,61-/m0/s1. The highest BCUT2D eigenvalue weighted by atomic mass is 32.3. The molecule has 22 heteroatoms. The molecule has 0 saturated carbocycles. The van der Waals surface area contributed by atoms with E-state index in [-0.39, 0.29) is 75.2 Å². The molecule has 85 heavy (non-hydrogen) atoms. The van der Waals surface area contributed by atoms with Crippen LogP contribution in [-0.4, -0.2) is 172 Å². The number of aliphatic hydroxyl groups is 11. The number of carbonyl (C=O) groups excluding carboxylic acids is 1. The molecule has 480 valence electrons. The van der Waals surface area contributed by atoms with Gasteiger partial charge < -0.3 is 72.7 Å². The number of guanidine groups is 1.